The normalized spacial score (nSPS) is 16.4. The highest BCUT2D eigenvalue weighted by atomic mass is 19.1. The molecule has 0 N–H and O–H groups in total. The van der Waals surface area contributed by atoms with Gasteiger partial charge in [0, 0.05) is 24.0 Å². The van der Waals surface area contributed by atoms with Gasteiger partial charge in [-0.25, -0.2) is 4.39 Å². The molecule has 0 spiro atoms. The van der Waals surface area contributed by atoms with Crippen LogP contribution in [0.15, 0.2) is 22.6 Å². The van der Waals surface area contributed by atoms with Crippen molar-refractivity contribution in [3.63, 3.8) is 0 Å². The summed E-state index contributed by atoms with van der Waals surface area (Å²) < 4.78 is 19.0. The summed E-state index contributed by atoms with van der Waals surface area (Å²) in [5.74, 6) is -0.0244. The summed E-state index contributed by atoms with van der Waals surface area (Å²) in [6, 6.07) is 4.36. The molecule has 3 nitrogen and oxygen atoms in total. The highest BCUT2D eigenvalue weighted by Crippen LogP contribution is 2.27. The van der Waals surface area contributed by atoms with Gasteiger partial charge in [0.2, 0.25) is 0 Å². The van der Waals surface area contributed by atoms with Crippen LogP contribution in [0.2, 0.25) is 0 Å². The molecule has 1 aromatic carbocycles. The Kier molecular flexibility index (Phi) is 3.47. The van der Waals surface area contributed by atoms with E-state index in [-0.39, 0.29) is 11.7 Å². The number of aryl methyl sites for hydroxylation is 1. The molecule has 1 aromatic heterocycles. The van der Waals surface area contributed by atoms with Crippen LogP contribution in [0.4, 0.5) is 4.39 Å². The molecule has 1 aliphatic heterocycles. The van der Waals surface area contributed by atoms with E-state index in [0.29, 0.717) is 16.7 Å². The minimum Gasteiger partial charge on any atom is -0.451 e. The van der Waals surface area contributed by atoms with Gasteiger partial charge in [0.1, 0.15) is 11.4 Å². The molecule has 0 atom stereocenters. The van der Waals surface area contributed by atoms with Crippen LogP contribution in [-0.2, 0) is 0 Å². The van der Waals surface area contributed by atoms with Crippen molar-refractivity contribution in [1.82, 2.24) is 4.90 Å². The molecule has 0 bridgehead atoms. The SMILES string of the molecule is Cc1c(C(=O)N2CCCCCC2)oc2ccc(F)cc12. The van der Waals surface area contributed by atoms with Crippen LogP contribution in [0, 0.1) is 12.7 Å². The summed E-state index contributed by atoms with van der Waals surface area (Å²) in [4.78, 5) is 14.4. The molecule has 106 valence electrons. The second-order valence-corrected chi connectivity index (χ2v) is 5.40. The van der Waals surface area contributed by atoms with Gasteiger partial charge in [-0.2, -0.15) is 0 Å². The van der Waals surface area contributed by atoms with Crippen LogP contribution in [0.1, 0.15) is 41.8 Å². The minimum atomic E-state index is -0.310. The second kappa shape index (κ2) is 5.27. The van der Waals surface area contributed by atoms with Gasteiger partial charge in [0.05, 0.1) is 0 Å². The smallest absolute Gasteiger partial charge is 0.289 e. The maximum absolute atomic E-state index is 13.3. The summed E-state index contributed by atoms with van der Waals surface area (Å²) in [7, 11) is 0. The molecule has 1 fully saturated rings. The summed E-state index contributed by atoms with van der Waals surface area (Å²) in [5.41, 5.74) is 1.30. The number of carbonyl (C=O) groups is 1. The number of rotatable bonds is 1. The molecule has 0 unspecified atom stereocenters. The van der Waals surface area contributed by atoms with Crippen LogP contribution in [0.3, 0.4) is 0 Å². The van der Waals surface area contributed by atoms with Gasteiger partial charge >= 0.3 is 0 Å². The zero-order chi connectivity index (χ0) is 14.1. The Hall–Kier alpha value is -1.84. The van der Waals surface area contributed by atoms with E-state index in [2.05, 4.69) is 0 Å². The molecule has 0 radical (unpaired) electrons. The van der Waals surface area contributed by atoms with Gasteiger partial charge in [-0.05, 0) is 38.0 Å². The van der Waals surface area contributed by atoms with Crippen LogP contribution in [-0.4, -0.2) is 23.9 Å². The lowest BCUT2D eigenvalue weighted by atomic mass is 10.1. The minimum absolute atomic E-state index is 0.0685. The van der Waals surface area contributed by atoms with Crippen molar-refractivity contribution in [1.29, 1.82) is 0 Å². The van der Waals surface area contributed by atoms with Gasteiger partial charge in [0.25, 0.3) is 5.91 Å². The van der Waals surface area contributed by atoms with E-state index in [1.165, 1.54) is 25.0 Å². The van der Waals surface area contributed by atoms with E-state index < -0.39 is 0 Å². The first-order valence-electron chi connectivity index (χ1n) is 7.15. The van der Waals surface area contributed by atoms with Crippen molar-refractivity contribution in [3.05, 3.63) is 35.3 Å². The Bertz CT molecular complexity index is 639. The summed E-state index contributed by atoms with van der Waals surface area (Å²) in [6.07, 6.45) is 4.43. The number of carbonyl (C=O) groups excluding carboxylic acids is 1. The second-order valence-electron chi connectivity index (χ2n) is 5.40. The molecule has 0 saturated carbocycles. The molecule has 4 heteroatoms. The topological polar surface area (TPSA) is 33.5 Å². The van der Waals surface area contributed by atoms with E-state index in [1.54, 1.807) is 6.07 Å². The molecule has 1 aliphatic rings. The average molecular weight is 275 g/mol. The summed E-state index contributed by atoms with van der Waals surface area (Å²) in [5, 5.41) is 0.683. The standard InChI is InChI=1S/C16H18FNO2/c1-11-13-10-12(17)6-7-14(13)20-15(11)16(19)18-8-4-2-3-5-9-18/h6-7,10H,2-5,8-9H2,1H3. The van der Waals surface area contributed by atoms with Gasteiger partial charge < -0.3 is 9.32 Å². The fourth-order valence-corrected chi connectivity index (χ4v) is 2.81. The maximum atomic E-state index is 13.3. The molecule has 1 saturated heterocycles. The maximum Gasteiger partial charge on any atom is 0.289 e. The number of fused-ring (bicyclic) bond motifs is 1. The van der Waals surface area contributed by atoms with E-state index >= 15 is 0 Å². The zero-order valence-electron chi connectivity index (χ0n) is 11.6. The fourth-order valence-electron chi connectivity index (χ4n) is 2.81. The Balaban J connectivity index is 1.96. The van der Waals surface area contributed by atoms with Crippen LogP contribution < -0.4 is 0 Å². The first kappa shape index (κ1) is 13.2. The van der Waals surface area contributed by atoms with Crippen molar-refractivity contribution in [2.24, 2.45) is 0 Å². The lowest BCUT2D eigenvalue weighted by Gasteiger charge is -2.19. The first-order valence-corrected chi connectivity index (χ1v) is 7.15. The molecule has 20 heavy (non-hydrogen) atoms. The number of amides is 1. The number of furan rings is 1. The molecule has 2 heterocycles. The quantitative estimate of drug-likeness (QED) is 0.791. The molecule has 1 amide bonds. The van der Waals surface area contributed by atoms with Crippen molar-refractivity contribution < 1.29 is 13.6 Å². The third-order valence-electron chi connectivity index (χ3n) is 3.99. The van der Waals surface area contributed by atoms with Crippen LogP contribution in [0.5, 0.6) is 0 Å². The van der Waals surface area contributed by atoms with Gasteiger partial charge in [-0.15, -0.1) is 0 Å². The third-order valence-corrected chi connectivity index (χ3v) is 3.99. The predicted octanol–water partition coefficient (Wildman–Crippen LogP) is 3.90. The molecule has 3 rings (SSSR count). The monoisotopic (exact) mass is 275 g/mol. The number of nitrogens with zero attached hydrogens (tertiary/aromatic N) is 1. The molecule has 2 aromatic rings. The largest absolute Gasteiger partial charge is 0.451 e. The highest BCUT2D eigenvalue weighted by molar-refractivity contribution is 5.98. The number of hydrogen-bond donors (Lipinski definition) is 0. The number of halogens is 1. The predicted molar refractivity (Wildman–Crippen MR) is 75.3 cm³/mol. The van der Waals surface area contributed by atoms with Crippen LogP contribution in [0.25, 0.3) is 11.0 Å². The fraction of sp³-hybridized carbons (Fsp3) is 0.438. The van der Waals surface area contributed by atoms with Crippen molar-refractivity contribution in [3.8, 4) is 0 Å². The lowest BCUT2D eigenvalue weighted by molar-refractivity contribution is 0.0731. The Morgan fingerprint density at radius 2 is 1.90 bits per heavy atom. The summed E-state index contributed by atoms with van der Waals surface area (Å²) >= 11 is 0. The highest BCUT2D eigenvalue weighted by Gasteiger charge is 2.23. The lowest BCUT2D eigenvalue weighted by Crippen LogP contribution is -2.31. The number of hydrogen-bond acceptors (Lipinski definition) is 2. The summed E-state index contributed by atoms with van der Waals surface area (Å²) in [6.45, 7) is 3.38. The average Bonchev–Trinajstić information content (AvgIpc) is 2.66. The first-order chi connectivity index (χ1) is 9.66. The van der Waals surface area contributed by atoms with E-state index in [0.717, 1.165) is 31.5 Å². The van der Waals surface area contributed by atoms with Gasteiger partial charge in [-0.1, -0.05) is 12.8 Å². The Morgan fingerprint density at radius 1 is 1.20 bits per heavy atom. The molecular formula is C16H18FNO2. The van der Waals surface area contributed by atoms with Crippen molar-refractivity contribution >= 4 is 16.9 Å². The van der Waals surface area contributed by atoms with E-state index in [1.807, 2.05) is 11.8 Å². The van der Waals surface area contributed by atoms with Crippen LogP contribution >= 0.6 is 0 Å². The number of likely N-dealkylation sites (tertiary alicyclic amines) is 1. The van der Waals surface area contributed by atoms with E-state index in [9.17, 15) is 9.18 Å². The van der Waals surface area contributed by atoms with Gasteiger partial charge in [0.15, 0.2) is 5.76 Å². The number of benzene rings is 1. The Morgan fingerprint density at radius 3 is 2.60 bits per heavy atom. The van der Waals surface area contributed by atoms with E-state index in [4.69, 9.17) is 4.42 Å². The zero-order valence-corrected chi connectivity index (χ0v) is 11.6. The third kappa shape index (κ3) is 2.30. The van der Waals surface area contributed by atoms with Crippen molar-refractivity contribution in [2.45, 2.75) is 32.6 Å². The Labute approximate surface area is 117 Å². The molecule has 0 aliphatic carbocycles. The van der Waals surface area contributed by atoms with Gasteiger partial charge in [-0.3, -0.25) is 4.79 Å². The molecular weight excluding hydrogens is 257 g/mol. The van der Waals surface area contributed by atoms with Crippen molar-refractivity contribution in [2.75, 3.05) is 13.1 Å².